The lowest BCUT2D eigenvalue weighted by molar-refractivity contribution is 0.0653. The molecule has 4 aromatic rings. The van der Waals surface area contributed by atoms with Crippen molar-refractivity contribution in [3.8, 4) is 11.1 Å². The van der Waals surface area contributed by atoms with Crippen molar-refractivity contribution in [1.82, 2.24) is 4.57 Å². The number of rotatable bonds is 5. The molecule has 4 heteroatoms. The number of aliphatic hydroxyl groups excluding tert-OH is 2. The molecule has 2 atom stereocenters. The highest BCUT2D eigenvalue weighted by molar-refractivity contribution is 5.96. The number of fused-ring (bicyclic) bond motifs is 1. The second-order valence-corrected chi connectivity index (χ2v) is 7.09. The zero-order chi connectivity index (χ0) is 19.7. The Kier molecular flexibility index (Phi) is 4.99. The van der Waals surface area contributed by atoms with Gasteiger partial charge < -0.3 is 14.8 Å². The minimum Gasteiger partial charge on any atom is -0.394 e. The molecule has 0 bridgehead atoms. The summed E-state index contributed by atoms with van der Waals surface area (Å²) in [4.78, 5) is 0. The monoisotopic (exact) mass is 375 g/mol. The maximum atomic E-state index is 13.9. The van der Waals surface area contributed by atoms with Crippen LogP contribution in [0.1, 0.15) is 17.2 Å². The SMILES string of the molecule is Cc1cccc(-c2cn([C@@H](c3cccc(F)c3)[C@H](O)CO)c3ccccc23)c1. The van der Waals surface area contributed by atoms with E-state index in [0.717, 1.165) is 27.6 Å². The molecule has 142 valence electrons. The Bertz CT molecular complexity index is 1120. The minimum absolute atomic E-state index is 0.372. The fourth-order valence-corrected chi connectivity index (χ4v) is 3.84. The van der Waals surface area contributed by atoms with E-state index in [-0.39, 0.29) is 5.82 Å². The molecule has 4 rings (SSSR count). The van der Waals surface area contributed by atoms with Crippen molar-refractivity contribution < 1.29 is 14.6 Å². The van der Waals surface area contributed by atoms with Crippen LogP contribution in [0.2, 0.25) is 0 Å². The summed E-state index contributed by atoms with van der Waals surface area (Å²) in [6.07, 6.45) is 0.913. The van der Waals surface area contributed by atoms with Crippen molar-refractivity contribution in [2.24, 2.45) is 0 Å². The maximum Gasteiger partial charge on any atom is 0.123 e. The van der Waals surface area contributed by atoms with E-state index in [1.165, 1.54) is 12.1 Å². The number of para-hydroxylation sites is 1. The number of benzene rings is 3. The highest BCUT2D eigenvalue weighted by atomic mass is 19.1. The smallest absolute Gasteiger partial charge is 0.123 e. The van der Waals surface area contributed by atoms with Crippen molar-refractivity contribution in [3.63, 3.8) is 0 Å². The molecule has 2 N–H and O–H groups in total. The number of aromatic nitrogens is 1. The summed E-state index contributed by atoms with van der Waals surface area (Å²) in [5.74, 6) is -0.372. The van der Waals surface area contributed by atoms with E-state index >= 15 is 0 Å². The van der Waals surface area contributed by atoms with E-state index in [1.807, 2.05) is 54.1 Å². The van der Waals surface area contributed by atoms with Crippen molar-refractivity contribution in [1.29, 1.82) is 0 Å². The molecule has 0 amide bonds. The lowest BCUT2D eigenvalue weighted by atomic mass is 10.0. The Labute approximate surface area is 163 Å². The standard InChI is InChI=1S/C24H22FNO2/c1-16-6-4-7-17(12-16)21-14-26(22-11-3-2-10-20(21)22)24(23(28)15-27)18-8-5-9-19(25)13-18/h2-14,23-24,27-28H,15H2,1H3/t23-,24+/m1/s1. The Morgan fingerprint density at radius 3 is 2.50 bits per heavy atom. The van der Waals surface area contributed by atoms with Crippen LogP contribution in [0, 0.1) is 12.7 Å². The molecule has 1 heterocycles. The molecule has 3 nitrogen and oxygen atoms in total. The first kappa shape index (κ1) is 18.4. The third kappa shape index (κ3) is 3.33. The second-order valence-electron chi connectivity index (χ2n) is 7.09. The summed E-state index contributed by atoms with van der Waals surface area (Å²) in [5.41, 5.74) is 4.79. The summed E-state index contributed by atoms with van der Waals surface area (Å²) in [7, 11) is 0. The van der Waals surface area contributed by atoms with Gasteiger partial charge in [-0.25, -0.2) is 4.39 Å². The predicted octanol–water partition coefficient (Wildman–Crippen LogP) is 4.70. The normalized spacial score (nSPS) is 13.6. The van der Waals surface area contributed by atoms with E-state index in [1.54, 1.807) is 12.1 Å². The molecular weight excluding hydrogens is 353 g/mol. The average molecular weight is 375 g/mol. The molecule has 0 fully saturated rings. The molecule has 0 radical (unpaired) electrons. The van der Waals surface area contributed by atoms with Crippen LogP contribution in [0.15, 0.2) is 79.0 Å². The molecular formula is C24H22FNO2. The van der Waals surface area contributed by atoms with Gasteiger partial charge in [-0.1, -0.05) is 60.2 Å². The molecule has 0 aliphatic rings. The van der Waals surface area contributed by atoms with Gasteiger partial charge >= 0.3 is 0 Å². The third-order valence-corrected chi connectivity index (χ3v) is 5.11. The van der Waals surface area contributed by atoms with Gasteiger partial charge in [0.05, 0.1) is 12.6 Å². The fourth-order valence-electron chi connectivity index (χ4n) is 3.84. The predicted molar refractivity (Wildman–Crippen MR) is 110 cm³/mol. The van der Waals surface area contributed by atoms with E-state index in [0.29, 0.717) is 5.56 Å². The molecule has 28 heavy (non-hydrogen) atoms. The summed E-state index contributed by atoms with van der Waals surface area (Å²) in [5, 5.41) is 21.3. The van der Waals surface area contributed by atoms with Crippen LogP contribution in [0.4, 0.5) is 4.39 Å². The van der Waals surface area contributed by atoms with Crippen LogP contribution >= 0.6 is 0 Å². The topological polar surface area (TPSA) is 45.4 Å². The number of nitrogens with zero attached hydrogens (tertiary/aromatic N) is 1. The zero-order valence-corrected chi connectivity index (χ0v) is 15.6. The Morgan fingerprint density at radius 1 is 0.964 bits per heavy atom. The van der Waals surface area contributed by atoms with Crippen LogP contribution in [0.25, 0.3) is 22.0 Å². The highest BCUT2D eigenvalue weighted by Crippen LogP contribution is 2.35. The minimum atomic E-state index is -1.07. The largest absolute Gasteiger partial charge is 0.394 e. The first-order valence-electron chi connectivity index (χ1n) is 9.29. The molecule has 0 saturated heterocycles. The summed E-state index contributed by atoms with van der Waals surface area (Å²) >= 11 is 0. The number of hydrogen-bond donors (Lipinski definition) is 2. The first-order chi connectivity index (χ1) is 13.6. The number of aliphatic hydroxyl groups is 2. The van der Waals surface area contributed by atoms with Crippen LogP contribution in [0.5, 0.6) is 0 Å². The number of aryl methyl sites for hydroxylation is 1. The fraction of sp³-hybridized carbons (Fsp3) is 0.167. The van der Waals surface area contributed by atoms with Crippen molar-refractivity contribution in [2.45, 2.75) is 19.1 Å². The van der Waals surface area contributed by atoms with Gasteiger partial charge in [-0.05, 0) is 36.2 Å². The summed E-state index contributed by atoms with van der Waals surface area (Å²) in [6.45, 7) is 1.63. The second kappa shape index (κ2) is 7.58. The Hall–Kier alpha value is -2.95. The molecule has 0 aliphatic heterocycles. The van der Waals surface area contributed by atoms with Crippen molar-refractivity contribution in [2.75, 3.05) is 6.61 Å². The van der Waals surface area contributed by atoms with Gasteiger partial charge in [-0.15, -0.1) is 0 Å². The van der Waals surface area contributed by atoms with Gasteiger partial charge in [0.25, 0.3) is 0 Å². The van der Waals surface area contributed by atoms with Gasteiger partial charge in [-0.3, -0.25) is 0 Å². The number of hydrogen-bond acceptors (Lipinski definition) is 2. The van der Waals surface area contributed by atoms with Gasteiger partial charge in [-0.2, -0.15) is 0 Å². The van der Waals surface area contributed by atoms with Crippen LogP contribution in [0.3, 0.4) is 0 Å². The third-order valence-electron chi connectivity index (χ3n) is 5.11. The molecule has 0 aliphatic carbocycles. The quantitative estimate of drug-likeness (QED) is 0.531. The van der Waals surface area contributed by atoms with Crippen molar-refractivity contribution in [3.05, 3.63) is 95.9 Å². The molecule has 0 unspecified atom stereocenters. The van der Waals surface area contributed by atoms with Crippen LogP contribution < -0.4 is 0 Å². The zero-order valence-electron chi connectivity index (χ0n) is 15.6. The lowest BCUT2D eigenvalue weighted by Crippen LogP contribution is -2.28. The van der Waals surface area contributed by atoms with E-state index in [4.69, 9.17) is 0 Å². The maximum absolute atomic E-state index is 13.9. The molecule has 1 aromatic heterocycles. The summed E-state index contributed by atoms with van der Waals surface area (Å²) < 4.78 is 15.8. The Morgan fingerprint density at radius 2 is 1.75 bits per heavy atom. The van der Waals surface area contributed by atoms with Crippen LogP contribution in [-0.2, 0) is 0 Å². The van der Waals surface area contributed by atoms with Gasteiger partial charge in [0.1, 0.15) is 11.9 Å². The summed E-state index contributed by atoms with van der Waals surface area (Å²) in [6, 6.07) is 21.7. The van der Waals surface area contributed by atoms with Gasteiger partial charge in [0.2, 0.25) is 0 Å². The van der Waals surface area contributed by atoms with Gasteiger partial charge in [0, 0.05) is 22.7 Å². The molecule has 0 spiro atoms. The van der Waals surface area contributed by atoms with E-state index < -0.39 is 18.8 Å². The number of halogens is 1. The first-order valence-corrected chi connectivity index (χ1v) is 9.29. The van der Waals surface area contributed by atoms with E-state index in [9.17, 15) is 14.6 Å². The Balaban J connectivity index is 1.96. The van der Waals surface area contributed by atoms with E-state index in [2.05, 4.69) is 12.1 Å². The molecule has 0 saturated carbocycles. The van der Waals surface area contributed by atoms with Crippen molar-refractivity contribution >= 4 is 10.9 Å². The van der Waals surface area contributed by atoms with Gasteiger partial charge in [0.15, 0.2) is 0 Å². The van der Waals surface area contributed by atoms with Crippen LogP contribution in [-0.4, -0.2) is 27.5 Å². The average Bonchev–Trinajstić information content (AvgIpc) is 3.08. The highest BCUT2D eigenvalue weighted by Gasteiger charge is 2.25. The molecule has 3 aromatic carbocycles. The lowest BCUT2D eigenvalue weighted by Gasteiger charge is -2.25.